The second-order valence-corrected chi connectivity index (χ2v) is 11.7. The highest BCUT2D eigenvalue weighted by Gasteiger charge is 2.27. The van der Waals surface area contributed by atoms with Crippen molar-refractivity contribution in [2.45, 2.75) is 60.5 Å². The fourth-order valence-electron chi connectivity index (χ4n) is 5.72. The molecule has 0 aliphatic carbocycles. The van der Waals surface area contributed by atoms with E-state index in [0.717, 1.165) is 59.8 Å². The number of hydrogen-bond acceptors (Lipinski definition) is 5. The van der Waals surface area contributed by atoms with Crippen molar-refractivity contribution in [3.63, 3.8) is 0 Å². The average Bonchev–Trinajstić information content (AvgIpc) is 3.51. The Labute approximate surface area is 260 Å². The second-order valence-electron chi connectivity index (χ2n) is 11.7. The number of piperazine rings is 1. The molecule has 0 spiro atoms. The van der Waals surface area contributed by atoms with Crippen LogP contribution < -0.4 is 15.6 Å². The lowest BCUT2D eigenvalue weighted by Crippen LogP contribution is -2.47. The quantitative estimate of drug-likeness (QED) is 0.255. The summed E-state index contributed by atoms with van der Waals surface area (Å²) in [6.45, 7) is 14.9. The lowest BCUT2D eigenvalue weighted by Gasteiger charge is -2.29. The maximum absolute atomic E-state index is 14.7. The van der Waals surface area contributed by atoms with Gasteiger partial charge in [-0.2, -0.15) is 5.10 Å². The number of hydrogen-bond donors (Lipinski definition) is 1. The van der Waals surface area contributed by atoms with Gasteiger partial charge in [-0.25, -0.2) is 4.68 Å². The number of aryl methyl sites for hydroxylation is 2. The zero-order valence-corrected chi connectivity index (χ0v) is 26.7. The SMILES string of the molecule is CCc1cccc(CC)c1-n1c(C=C(C)C)c(C(=O)N2CCNCC2)cc(-c2ccn(-c3ccc(OC(C)C)cc3)n2)c1=O. The van der Waals surface area contributed by atoms with Crippen LogP contribution in [0.1, 0.15) is 68.7 Å². The number of amides is 1. The maximum Gasteiger partial charge on any atom is 0.265 e. The minimum Gasteiger partial charge on any atom is -0.491 e. The first-order valence-corrected chi connectivity index (χ1v) is 15.6. The van der Waals surface area contributed by atoms with Crippen LogP contribution in [-0.2, 0) is 12.8 Å². The Kier molecular flexibility index (Phi) is 9.49. The second kappa shape index (κ2) is 13.5. The van der Waals surface area contributed by atoms with Crippen molar-refractivity contribution >= 4 is 12.0 Å². The van der Waals surface area contributed by atoms with E-state index in [9.17, 15) is 9.59 Å². The molecule has 1 N–H and O–H groups in total. The van der Waals surface area contributed by atoms with Crippen LogP contribution in [0.4, 0.5) is 0 Å². The van der Waals surface area contributed by atoms with Gasteiger partial charge in [0.25, 0.3) is 11.5 Å². The first-order chi connectivity index (χ1) is 21.2. The predicted molar refractivity (Wildman–Crippen MR) is 177 cm³/mol. The summed E-state index contributed by atoms with van der Waals surface area (Å²) < 4.78 is 9.31. The molecule has 0 bridgehead atoms. The molecule has 1 amide bonds. The molecule has 2 aromatic heterocycles. The average molecular weight is 594 g/mol. The van der Waals surface area contributed by atoms with Gasteiger partial charge in [0.05, 0.1) is 40.0 Å². The van der Waals surface area contributed by atoms with Crippen molar-refractivity contribution in [1.29, 1.82) is 0 Å². The number of para-hydroxylation sites is 1. The van der Waals surface area contributed by atoms with Gasteiger partial charge >= 0.3 is 0 Å². The van der Waals surface area contributed by atoms with Crippen molar-refractivity contribution < 1.29 is 9.53 Å². The van der Waals surface area contributed by atoms with Gasteiger partial charge in [0.15, 0.2) is 0 Å². The molecular weight excluding hydrogens is 550 g/mol. The standard InChI is InChI=1S/C36H43N5O3/c1-7-26-10-9-11-27(8-2)34(26)41-33(22-24(3)4)31(35(42)39-20-17-37-18-21-39)23-30(36(41)43)32-16-19-40(38-32)28-12-14-29(15-13-28)44-25(5)6/h9-16,19,22-23,25,37H,7-8,17-18,20-21H2,1-6H3. The van der Waals surface area contributed by atoms with E-state index >= 15 is 0 Å². The van der Waals surface area contributed by atoms with Crippen LogP contribution >= 0.6 is 0 Å². The Bertz CT molecular complexity index is 1700. The smallest absolute Gasteiger partial charge is 0.265 e. The number of aromatic nitrogens is 3. The summed E-state index contributed by atoms with van der Waals surface area (Å²) in [7, 11) is 0. The summed E-state index contributed by atoms with van der Waals surface area (Å²) in [4.78, 5) is 30.8. The number of pyridine rings is 1. The van der Waals surface area contributed by atoms with Gasteiger partial charge in [0.1, 0.15) is 5.75 Å². The molecule has 2 aromatic carbocycles. The van der Waals surface area contributed by atoms with Crippen LogP contribution in [0.3, 0.4) is 0 Å². The number of rotatable bonds is 9. The predicted octanol–water partition coefficient (Wildman–Crippen LogP) is 6.07. The number of ether oxygens (including phenoxy) is 1. The Morgan fingerprint density at radius 1 is 1.00 bits per heavy atom. The normalized spacial score (nSPS) is 13.3. The molecule has 3 heterocycles. The van der Waals surface area contributed by atoms with Crippen molar-refractivity contribution in [2.24, 2.45) is 0 Å². The van der Waals surface area contributed by atoms with Crippen LogP contribution in [0, 0.1) is 0 Å². The Morgan fingerprint density at radius 3 is 2.25 bits per heavy atom. The largest absolute Gasteiger partial charge is 0.491 e. The van der Waals surface area contributed by atoms with Gasteiger partial charge in [0, 0.05) is 32.4 Å². The molecule has 1 aliphatic rings. The monoisotopic (exact) mass is 593 g/mol. The highest BCUT2D eigenvalue weighted by Crippen LogP contribution is 2.29. The third-order valence-corrected chi connectivity index (χ3v) is 7.83. The Morgan fingerprint density at radius 2 is 1.66 bits per heavy atom. The van der Waals surface area contributed by atoms with Crippen molar-refractivity contribution in [2.75, 3.05) is 26.2 Å². The van der Waals surface area contributed by atoms with E-state index in [0.29, 0.717) is 35.6 Å². The molecule has 0 saturated carbocycles. The van der Waals surface area contributed by atoms with Gasteiger partial charge < -0.3 is 15.0 Å². The van der Waals surface area contributed by atoms with E-state index in [1.54, 1.807) is 15.3 Å². The van der Waals surface area contributed by atoms with E-state index in [1.165, 1.54) is 0 Å². The van der Waals surface area contributed by atoms with E-state index in [4.69, 9.17) is 9.84 Å². The summed E-state index contributed by atoms with van der Waals surface area (Å²) in [6.07, 6.45) is 5.39. The highest BCUT2D eigenvalue weighted by molar-refractivity contribution is 5.99. The summed E-state index contributed by atoms with van der Waals surface area (Å²) in [5, 5.41) is 8.17. The molecule has 1 saturated heterocycles. The third kappa shape index (κ3) is 6.40. The van der Waals surface area contributed by atoms with Crippen LogP contribution in [0.15, 0.2) is 71.2 Å². The van der Waals surface area contributed by atoms with Crippen molar-refractivity contribution in [1.82, 2.24) is 24.6 Å². The topological polar surface area (TPSA) is 81.4 Å². The van der Waals surface area contributed by atoms with E-state index in [-0.39, 0.29) is 17.6 Å². The van der Waals surface area contributed by atoms with Crippen molar-refractivity contribution in [3.05, 3.63) is 99.1 Å². The number of benzene rings is 2. The lowest BCUT2D eigenvalue weighted by molar-refractivity contribution is 0.0735. The van der Waals surface area contributed by atoms with Gasteiger partial charge in [-0.1, -0.05) is 37.6 Å². The number of allylic oxidation sites excluding steroid dienone is 1. The van der Waals surface area contributed by atoms with Gasteiger partial charge in [0.2, 0.25) is 0 Å². The first kappa shape index (κ1) is 31.0. The van der Waals surface area contributed by atoms with Crippen molar-refractivity contribution in [3.8, 4) is 28.4 Å². The number of nitrogens with one attached hydrogen (secondary N) is 1. The molecule has 8 heteroatoms. The Balaban J connectivity index is 1.75. The maximum atomic E-state index is 14.7. The van der Waals surface area contributed by atoms with E-state index in [1.807, 2.05) is 81.3 Å². The zero-order chi connectivity index (χ0) is 31.4. The fraction of sp³-hybridized carbons (Fsp3) is 0.361. The molecule has 8 nitrogen and oxygen atoms in total. The number of carbonyl (C=O) groups is 1. The number of nitrogens with zero attached hydrogens (tertiary/aromatic N) is 4. The highest BCUT2D eigenvalue weighted by atomic mass is 16.5. The van der Waals surface area contributed by atoms with Crippen LogP contribution in [0.25, 0.3) is 28.7 Å². The molecule has 0 radical (unpaired) electrons. The summed E-state index contributed by atoms with van der Waals surface area (Å²) in [5.74, 6) is 0.701. The lowest BCUT2D eigenvalue weighted by atomic mass is 9.99. The zero-order valence-electron chi connectivity index (χ0n) is 26.7. The van der Waals surface area contributed by atoms with Gasteiger partial charge in [-0.15, -0.1) is 0 Å². The summed E-state index contributed by atoms with van der Waals surface area (Å²) >= 11 is 0. The minimum atomic E-state index is -0.198. The van der Waals surface area contributed by atoms with Crippen LogP contribution in [0.2, 0.25) is 0 Å². The fourth-order valence-corrected chi connectivity index (χ4v) is 5.72. The molecule has 5 rings (SSSR count). The van der Waals surface area contributed by atoms with Crippen LogP contribution in [-0.4, -0.2) is 57.4 Å². The first-order valence-electron chi connectivity index (χ1n) is 15.6. The van der Waals surface area contributed by atoms with E-state index < -0.39 is 0 Å². The molecule has 1 aliphatic heterocycles. The van der Waals surface area contributed by atoms with Gasteiger partial charge in [-0.3, -0.25) is 14.2 Å². The Hall–Kier alpha value is -4.43. The molecule has 0 atom stereocenters. The molecule has 230 valence electrons. The number of carbonyl (C=O) groups excluding carboxylic acids is 1. The molecule has 4 aromatic rings. The van der Waals surface area contributed by atoms with E-state index in [2.05, 4.69) is 31.3 Å². The summed E-state index contributed by atoms with van der Waals surface area (Å²) in [6, 6.07) is 17.5. The third-order valence-electron chi connectivity index (χ3n) is 7.83. The molecule has 44 heavy (non-hydrogen) atoms. The molecular formula is C36H43N5O3. The summed E-state index contributed by atoms with van der Waals surface area (Å²) in [5.41, 5.74) is 6.62. The van der Waals surface area contributed by atoms with Gasteiger partial charge in [-0.05, 0) is 94.1 Å². The minimum absolute atomic E-state index is 0.0813. The molecule has 0 unspecified atom stereocenters. The van der Waals surface area contributed by atoms with Crippen LogP contribution in [0.5, 0.6) is 5.75 Å². The molecule has 1 fully saturated rings.